The van der Waals surface area contributed by atoms with Gasteiger partial charge in [0.2, 0.25) is 0 Å². The maximum absolute atomic E-state index is 8.49. The Kier molecular flexibility index (Phi) is 5.76. The molecule has 8 nitrogen and oxygen atoms in total. The van der Waals surface area contributed by atoms with E-state index in [1.165, 1.54) is 44.3 Å². The van der Waals surface area contributed by atoms with Gasteiger partial charge in [0.05, 0.1) is 38.4 Å². The highest BCUT2D eigenvalue weighted by Gasteiger charge is 2.43. The lowest BCUT2D eigenvalue weighted by molar-refractivity contribution is -2.00. The van der Waals surface area contributed by atoms with Crippen molar-refractivity contribution in [2.24, 2.45) is 0 Å². The standard InChI is InChI=1S/C23H22N2O2.ClHO4/c1-24-14-8-5-9-15-20(14)23(21-16(24)10-6-12-18(21)26-3)22-17(25(15)2)11-7-13-19(22)27-4;2-1(3,4)5/h5-13,23H,1-4H3;(H,2,3,4,5). The van der Waals surface area contributed by atoms with Gasteiger partial charge in [-0.05, 0) is 30.3 Å². The highest BCUT2D eigenvalue weighted by atomic mass is 35.7. The van der Waals surface area contributed by atoms with Crippen LogP contribution in [0.25, 0.3) is 0 Å². The highest BCUT2D eigenvalue weighted by Crippen LogP contribution is 2.56. The van der Waals surface area contributed by atoms with Crippen LogP contribution in [0.15, 0.2) is 54.6 Å². The third-order valence-corrected chi connectivity index (χ3v) is 6.03. The zero-order chi connectivity index (χ0) is 23.2. The molecule has 0 amide bonds. The summed E-state index contributed by atoms with van der Waals surface area (Å²) in [5.41, 5.74) is 8.77. The second-order valence-electron chi connectivity index (χ2n) is 7.55. The quantitative estimate of drug-likeness (QED) is 0.523. The fourth-order valence-electron chi connectivity index (χ4n) is 4.82. The molecule has 0 bridgehead atoms. The molecule has 2 atom stereocenters. The minimum atomic E-state index is -4.94. The number of fused-ring (bicyclic) bond motifs is 4. The molecule has 3 aromatic rings. The lowest BCUT2D eigenvalue weighted by Gasteiger charge is -2.41. The van der Waals surface area contributed by atoms with Gasteiger partial charge in [-0.25, -0.2) is 18.6 Å². The highest BCUT2D eigenvalue weighted by molar-refractivity contribution is 5.85. The predicted molar refractivity (Wildman–Crippen MR) is 108 cm³/mol. The van der Waals surface area contributed by atoms with Crippen LogP contribution >= 0.6 is 0 Å². The molecule has 168 valence electrons. The molecule has 2 aliphatic rings. The number of benzene rings is 3. The maximum atomic E-state index is 8.49. The van der Waals surface area contributed by atoms with Crippen molar-refractivity contribution in [2.75, 3.05) is 33.2 Å². The van der Waals surface area contributed by atoms with E-state index < -0.39 is 10.2 Å². The van der Waals surface area contributed by atoms with Gasteiger partial charge in [0.15, 0.2) is 0 Å². The largest absolute Gasteiger partial charge is 0.496 e. The Morgan fingerprint density at radius 1 is 0.750 bits per heavy atom. The van der Waals surface area contributed by atoms with Crippen LogP contribution in [0.2, 0.25) is 0 Å². The van der Waals surface area contributed by atoms with Crippen molar-refractivity contribution >= 4 is 22.7 Å². The molecule has 0 saturated heterocycles. The molecule has 5 rings (SSSR count). The molecular formula is C23H23ClN2O6. The summed E-state index contributed by atoms with van der Waals surface area (Å²) < 4.78 is 45.6. The smallest absolute Gasteiger partial charge is 0.144 e. The van der Waals surface area contributed by atoms with Crippen LogP contribution in [0.5, 0.6) is 11.5 Å². The molecule has 32 heavy (non-hydrogen) atoms. The van der Waals surface area contributed by atoms with Crippen molar-refractivity contribution < 1.29 is 43.3 Å². The van der Waals surface area contributed by atoms with Crippen molar-refractivity contribution in [3.8, 4) is 11.5 Å². The number of rotatable bonds is 2. The number of hydrogen-bond acceptors (Lipinski definition) is 7. The third kappa shape index (κ3) is 3.67. The fourth-order valence-corrected chi connectivity index (χ4v) is 4.82. The Balaban J connectivity index is 0.000000444. The Morgan fingerprint density at radius 2 is 1.19 bits per heavy atom. The summed E-state index contributed by atoms with van der Waals surface area (Å²) in [6.07, 6.45) is 0. The Bertz CT molecular complexity index is 1040. The Morgan fingerprint density at radius 3 is 1.75 bits per heavy atom. The molecule has 0 spiro atoms. The average molecular weight is 459 g/mol. The van der Waals surface area contributed by atoms with E-state index in [2.05, 4.69) is 73.6 Å². The van der Waals surface area contributed by atoms with E-state index in [9.17, 15) is 0 Å². The second-order valence-corrected chi connectivity index (χ2v) is 8.30. The van der Waals surface area contributed by atoms with Crippen LogP contribution in [-0.4, -0.2) is 28.3 Å². The van der Waals surface area contributed by atoms with Crippen LogP contribution in [0.4, 0.5) is 22.7 Å². The van der Waals surface area contributed by atoms with Crippen LogP contribution in [0.1, 0.15) is 22.6 Å². The molecular weight excluding hydrogens is 436 g/mol. The zero-order valence-corrected chi connectivity index (χ0v) is 18.8. The number of anilines is 2. The number of halogens is 1. The molecule has 0 radical (unpaired) electrons. The number of nitrogens with zero attached hydrogens (tertiary/aromatic N) is 1. The van der Waals surface area contributed by atoms with Gasteiger partial charge in [-0.3, -0.25) is 4.90 Å². The van der Waals surface area contributed by atoms with Gasteiger partial charge >= 0.3 is 0 Å². The predicted octanol–water partition coefficient (Wildman–Crippen LogP) is -0.999. The average Bonchev–Trinajstić information content (AvgIpc) is 2.76. The number of quaternary nitrogens is 1. The van der Waals surface area contributed by atoms with E-state index in [-0.39, 0.29) is 5.92 Å². The summed E-state index contributed by atoms with van der Waals surface area (Å²) >= 11 is 0. The van der Waals surface area contributed by atoms with Crippen LogP contribution < -0.4 is 37.9 Å². The molecule has 0 aliphatic carbocycles. The summed E-state index contributed by atoms with van der Waals surface area (Å²) in [6.45, 7) is 0. The van der Waals surface area contributed by atoms with Crippen molar-refractivity contribution in [2.45, 2.75) is 5.92 Å². The Labute approximate surface area is 188 Å². The normalized spacial score (nSPS) is 17.9. The van der Waals surface area contributed by atoms with Crippen molar-refractivity contribution in [1.29, 1.82) is 0 Å². The first-order valence-corrected chi connectivity index (χ1v) is 11.1. The maximum Gasteiger partial charge on any atom is 0.144 e. The number of ether oxygens (including phenoxy) is 2. The minimum absolute atomic E-state index is 0.0911. The van der Waals surface area contributed by atoms with Crippen LogP contribution in [-0.2, 0) is 0 Å². The van der Waals surface area contributed by atoms with E-state index in [1.54, 1.807) is 14.2 Å². The SMILES string of the molecule is COc1cccc2c1C1c3c(OC)cccc3[NH+](C)c3cccc(c31)N2C.[O-][Cl+3]([O-])([O-])[O-]. The summed E-state index contributed by atoms with van der Waals surface area (Å²) in [4.78, 5) is 3.57. The first-order valence-electron chi connectivity index (χ1n) is 9.83. The monoisotopic (exact) mass is 458 g/mol. The van der Waals surface area contributed by atoms with Crippen molar-refractivity contribution in [3.63, 3.8) is 0 Å². The molecule has 3 aromatic carbocycles. The summed E-state index contributed by atoms with van der Waals surface area (Å²) in [7, 11) is 2.91. The number of hydrogen-bond donors (Lipinski definition) is 1. The molecule has 0 saturated carbocycles. The molecule has 2 heterocycles. The molecule has 0 aromatic heterocycles. The van der Waals surface area contributed by atoms with Gasteiger partial charge in [-0.1, -0.05) is 18.2 Å². The molecule has 0 fully saturated rings. The molecule has 1 N–H and O–H groups in total. The van der Waals surface area contributed by atoms with Gasteiger partial charge in [-0.15, -0.1) is 10.2 Å². The van der Waals surface area contributed by atoms with Crippen molar-refractivity contribution in [1.82, 2.24) is 0 Å². The Hall–Kier alpha value is -2.85. The number of methoxy groups -OCH3 is 2. The summed E-state index contributed by atoms with van der Waals surface area (Å²) in [5.74, 6) is 1.94. The molecule has 2 aliphatic heterocycles. The van der Waals surface area contributed by atoms with Gasteiger partial charge < -0.3 is 14.4 Å². The molecule has 2 unspecified atom stereocenters. The van der Waals surface area contributed by atoms with E-state index in [1.807, 2.05) is 0 Å². The summed E-state index contributed by atoms with van der Waals surface area (Å²) in [5, 5.41) is 0. The topological polar surface area (TPSA) is 118 Å². The van der Waals surface area contributed by atoms with Gasteiger partial charge in [0, 0.05) is 29.9 Å². The molecule has 9 heteroatoms. The van der Waals surface area contributed by atoms with Gasteiger partial charge in [0.25, 0.3) is 0 Å². The lowest BCUT2D eigenvalue weighted by atomic mass is 9.75. The van der Waals surface area contributed by atoms with E-state index in [4.69, 9.17) is 28.1 Å². The zero-order valence-electron chi connectivity index (χ0n) is 18.0. The van der Waals surface area contributed by atoms with Crippen LogP contribution in [0, 0.1) is 10.2 Å². The van der Waals surface area contributed by atoms with E-state index in [0.717, 1.165) is 11.5 Å². The van der Waals surface area contributed by atoms with Gasteiger partial charge in [-0.2, -0.15) is 0 Å². The lowest BCUT2D eigenvalue weighted by Crippen LogP contribution is -2.99. The first-order chi connectivity index (χ1) is 15.2. The first kappa shape index (κ1) is 22.3. The van der Waals surface area contributed by atoms with E-state index in [0.29, 0.717) is 0 Å². The second kappa shape index (κ2) is 8.25. The van der Waals surface area contributed by atoms with Crippen LogP contribution in [0.3, 0.4) is 0 Å². The van der Waals surface area contributed by atoms with Crippen molar-refractivity contribution in [3.05, 3.63) is 71.3 Å². The van der Waals surface area contributed by atoms with E-state index >= 15 is 0 Å². The summed E-state index contributed by atoms with van der Waals surface area (Å²) in [6, 6.07) is 19.2. The third-order valence-electron chi connectivity index (χ3n) is 6.03. The minimum Gasteiger partial charge on any atom is -0.496 e. The number of nitrogens with one attached hydrogen (secondary N) is 1. The van der Waals surface area contributed by atoms with Gasteiger partial charge in [0.1, 0.15) is 22.9 Å². The fraction of sp³-hybridized carbons (Fsp3) is 0.217.